The van der Waals surface area contributed by atoms with Crippen LogP contribution in [0.25, 0.3) is 0 Å². The van der Waals surface area contributed by atoms with E-state index < -0.39 is 0 Å². The molecule has 4 heteroatoms. The first kappa shape index (κ1) is 13.5. The second-order valence-electron chi connectivity index (χ2n) is 4.88. The van der Waals surface area contributed by atoms with Crippen molar-refractivity contribution in [1.82, 2.24) is 15.2 Å². The summed E-state index contributed by atoms with van der Waals surface area (Å²) < 4.78 is 5.57. The lowest BCUT2D eigenvalue weighted by Gasteiger charge is -2.35. The third kappa shape index (κ3) is 3.77. The highest BCUT2D eigenvalue weighted by Crippen LogP contribution is 2.12. The van der Waals surface area contributed by atoms with Crippen molar-refractivity contribution in [2.45, 2.75) is 26.4 Å². The zero-order valence-corrected chi connectivity index (χ0v) is 11.4. The average molecular weight is 249 g/mol. The van der Waals surface area contributed by atoms with Gasteiger partial charge in [0.1, 0.15) is 0 Å². The number of rotatable bonds is 5. The number of likely N-dealkylation sites (N-methyl/N-ethyl adjacent to an activating group) is 1. The highest BCUT2D eigenvalue weighted by atomic mass is 16.5. The minimum absolute atomic E-state index is 0.471. The largest absolute Gasteiger partial charge is 0.378 e. The number of nitrogens with zero attached hydrogens (tertiary/aromatic N) is 2. The van der Waals surface area contributed by atoms with E-state index >= 15 is 0 Å². The van der Waals surface area contributed by atoms with Gasteiger partial charge in [-0.25, -0.2) is 0 Å². The Morgan fingerprint density at radius 1 is 1.50 bits per heavy atom. The number of aromatic nitrogens is 1. The molecule has 0 saturated carbocycles. The van der Waals surface area contributed by atoms with Crippen LogP contribution in [0.2, 0.25) is 0 Å². The Kier molecular flexibility index (Phi) is 5.11. The topological polar surface area (TPSA) is 37.4 Å². The summed E-state index contributed by atoms with van der Waals surface area (Å²) in [6.07, 6.45) is 3.87. The lowest BCUT2D eigenvalue weighted by molar-refractivity contribution is -0.0108. The fourth-order valence-electron chi connectivity index (χ4n) is 2.33. The Morgan fingerprint density at radius 3 is 3.17 bits per heavy atom. The molecule has 2 rings (SSSR count). The molecule has 1 fully saturated rings. The van der Waals surface area contributed by atoms with Crippen LogP contribution in [-0.4, -0.2) is 48.8 Å². The van der Waals surface area contributed by atoms with Crippen LogP contribution in [-0.2, 0) is 11.3 Å². The first-order chi connectivity index (χ1) is 8.79. The average Bonchev–Trinajstić information content (AvgIpc) is 2.38. The highest BCUT2D eigenvalue weighted by Gasteiger charge is 2.22. The van der Waals surface area contributed by atoms with E-state index in [1.54, 1.807) is 0 Å². The van der Waals surface area contributed by atoms with Crippen molar-refractivity contribution in [1.29, 1.82) is 0 Å². The number of nitrogens with one attached hydrogen (secondary N) is 1. The van der Waals surface area contributed by atoms with Crippen molar-refractivity contribution in [3.05, 3.63) is 29.6 Å². The molecule has 1 atom stereocenters. The highest BCUT2D eigenvalue weighted by molar-refractivity contribution is 5.16. The summed E-state index contributed by atoms with van der Waals surface area (Å²) in [5.74, 6) is 0. The van der Waals surface area contributed by atoms with Crippen LogP contribution < -0.4 is 5.32 Å². The molecule has 2 heterocycles. The quantitative estimate of drug-likeness (QED) is 0.851. The van der Waals surface area contributed by atoms with Crippen molar-refractivity contribution >= 4 is 0 Å². The molecule has 4 nitrogen and oxygen atoms in total. The van der Waals surface area contributed by atoms with Crippen molar-refractivity contribution < 1.29 is 4.74 Å². The van der Waals surface area contributed by atoms with E-state index in [-0.39, 0.29) is 0 Å². The number of pyridine rings is 1. The van der Waals surface area contributed by atoms with Crippen LogP contribution in [0, 0.1) is 6.92 Å². The SMILES string of the molecule is CCNCC1COCCN1Cc1cncc(C)c1. The van der Waals surface area contributed by atoms with Gasteiger partial charge in [-0.3, -0.25) is 9.88 Å². The molecule has 0 radical (unpaired) electrons. The van der Waals surface area contributed by atoms with Crippen molar-refractivity contribution in [2.24, 2.45) is 0 Å². The van der Waals surface area contributed by atoms with Crippen LogP contribution in [0.4, 0.5) is 0 Å². The normalized spacial score (nSPS) is 21.1. The van der Waals surface area contributed by atoms with Gasteiger partial charge in [-0.2, -0.15) is 0 Å². The van der Waals surface area contributed by atoms with Crippen LogP contribution in [0.1, 0.15) is 18.1 Å². The minimum atomic E-state index is 0.471. The smallest absolute Gasteiger partial charge is 0.0635 e. The molecule has 1 aromatic rings. The number of hydrogen-bond acceptors (Lipinski definition) is 4. The predicted molar refractivity (Wildman–Crippen MR) is 72.5 cm³/mol. The number of aryl methyl sites for hydroxylation is 1. The molecule has 0 spiro atoms. The van der Waals surface area contributed by atoms with Gasteiger partial charge in [0.05, 0.1) is 13.2 Å². The van der Waals surface area contributed by atoms with E-state index in [0.29, 0.717) is 6.04 Å². The van der Waals surface area contributed by atoms with Gasteiger partial charge in [0.25, 0.3) is 0 Å². The van der Waals surface area contributed by atoms with Gasteiger partial charge >= 0.3 is 0 Å². The zero-order chi connectivity index (χ0) is 12.8. The van der Waals surface area contributed by atoms with E-state index in [1.807, 2.05) is 12.4 Å². The Bertz CT molecular complexity index is 370. The Morgan fingerprint density at radius 2 is 2.39 bits per heavy atom. The molecule has 0 aromatic carbocycles. The Hall–Kier alpha value is -0.970. The molecule has 1 saturated heterocycles. The Balaban J connectivity index is 1.96. The molecule has 1 unspecified atom stereocenters. The minimum Gasteiger partial charge on any atom is -0.378 e. The van der Waals surface area contributed by atoms with Gasteiger partial charge in [0, 0.05) is 38.1 Å². The van der Waals surface area contributed by atoms with E-state index in [4.69, 9.17) is 4.74 Å². The molecule has 100 valence electrons. The van der Waals surface area contributed by atoms with Crippen LogP contribution >= 0.6 is 0 Å². The van der Waals surface area contributed by atoms with E-state index in [2.05, 4.69) is 35.1 Å². The molecule has 18 heavy (non-hydrogen) atoms. The maximum atomic E-state index is 5.57. The molecule has 0 amide bonds. The van der Waals surface area contributed by atoms with Crippen molar-refractivity contribution in [3.63, 3.8) is 0 Å². The second-order valence-corrected chi connectivity index (χ2v) is 4.88. The van der Waals surface area contributed by atoms with Gasteiger partial charge in [0.15, 0.2) is 0 Å². The summed E-state index contributed by atoms with van der Waals surface area (Å²) in [5.41, 5.74) is 2.52. The monoisotopic (exact) mass is 249 g/mol. The molecule has 1 aliphatic rings. The fourth-order valence-corrected chi connectivity index (χ4v) is 2.33. The first-order valence-corrected chi connectivity index (χ1v) is 6.72. The second kappa shape index (κ2) is 6.83. The molecular formula is C14H23N3O. The fraction of sp³-hybridized carbons (Fsp3) is 0.643. The molecule has 1 aliphatic heterocycles. The first-order valence-electron chi connectivity index (χ1n) is 6.72. The third-order valence-corrected chi connectivity index (χ3v) is 3.30. The maximum Gasteiger partial charge on any atom is 0.0635 e. The van der Waals surface area contributed by atoms with Crippen LogP contribution in [0.3, 0.4) is 0 Å². The van der Waals surface area contributed by atoms with Gasteiger partial charge in [-0.1, -0.05) is 13.0 Å². The van der Waals surface area contributed by atoms with Gasteiger partial charge in [-0.05, 0) is 24.6 Å². The molecule has 1 aromatic heterocycles. The summed E-state index contributed by atoms with van der Waals surface area (Å²) in [6.45, 7) is 9.86. The molecule has 0 bridgehead atoms. The number of hydrogen-bond donors (Lipinski definition) is 1. The molecule has 1 N–H and O–H groups in total. The van der Waals surface area contributed by atoms with Crippen molar-refractivity contribution in [2.75, 3.05) is 32.8 Å². The van der Waals surface area contributed by atoms with Gasteiger partial charge in [0.2, 0.25) is 0 Å². The number of morpholine rings is 1. The Labute approximate surface area is 109 Å². The lowest BCUT2D eigenvalue weighted by atomic mass is 10.1. The maximum absolute atomic E-state index is 5.57. The van der Waals surface area contributed by atoms with Crippen LogP contribution in [0.15, 0.2) is 18.5 Å². The van der Waals surface area contributed by atoms with Gasteiger partial charge < -0.3 is 10.1 Å². The van der Waals surface area contributed by atoms with E-state index in [0.717, 1.165) is 39.4 Å². The predicted octanol–water partition coefficient (Wildman–Crippen LogP) is 1.20. The number of ether oxygens (including phenoxy) is 1. The summed E-state index contributed by atoms with van der Waals surface area (Å²) in [7, 11) is 0. The van der Waals surface area contributed by atoms with Crippen LogP contribution in [0.5, 0.6) is 0 Å². The summed E-state index contributed by atoms with van der Waals surface area (Å²) >= 11 is 0. The van der Waals surface area contributed by atoms with Gasteiger partial charge in [-0.15, -0.1) is 0 Å². The van der Waals surface area contributed by atoms with E-state index in [9.17, 15) is 0 Å². The summed E-state index contributed by atoms with van der Waals surface area (Å²) in [6, 6.07) is 2.69. The zero-order valence-electron chi connectivity index (χ0n) is 11.4. The lowest BCUT2D eigenvalue weighted by Crippen LogP contribution is -2.49. The standard InChI is InChI=1S/C14H23N3O/c1-3-15-9-14-11-18-5-4-17(14)10-13-6-12(2)7-16-8-13/h6-8,14-15H,3-5,9-11H2,1-2H3. The third-order valence-electron chi connectivity index (χ3n) is 3.30. The van der Waals surface area contributed by atoms with E-state index in [1.165, 1.54) is 11.1 Å². The molecule has 0 aliphatic carbocycles. The summed E-state index contributed by atoms with van der Waals surface area (Å²) in [4.78, 5) is 6.75. The summed E-state index contributed by atoms with van der Waals surface area (Å²) in [5, 5.41) is 3.41. The van der Waals surface area contributed by atoms with Crippen molar-refractivity contribution in [3.8, 4) is 0 Å². The molecular weight excluding hydrogens is 226 g/mol.